The second-order valence-corrected chi connectivity index (χ2v) is 5.31. The molecular weight excluding hydrogens is 259 g/mol. The van der Waals surface area contributed by atoms with E-state index in [4.69, 9.17) is 39.1 Å². The minimum absolute atomic E-state index is 0.156. The molecule has 0 aromatic heterocycles. The normalized spacial score (nSPS) is 11.3. The summed E-state index contributed by atoms with van der Waals surface area (Å²) in [6, 6.07) is 5.08. The lowest BCUT2D eigenvalue weighted by Crippen LogP contribution is -2.32. The van der Waals surface area contributed by atoms with Crippen LogP contribution in [0.25, 0.3) is 0 Å². The van der Waals surface area contributed by atoms with E-state index >= 15 is 0 Å². The van der Waals surface area contributed by atoms with Gasteiger partial charge in [0.1, 0.15) is 5.75 Å². The van der Waals surface area contributed by atoms with Gasteiger partial charge in [-0.05, 0) is 24.6 Å². The molecule has 0 saturated carbocycles. The zero-order valence-corrected chi connectivity index (χ0v) is 11.4. The van der Waals surface area contributed by atoms with Gasteiger partial charge < -0.3 is 10.5 Å². The zero-order valence-electron chi connectivity index (χ0n) is 9.89. The van der Waals surface area contributed by atoms with Crippen molar-refractivity contribution in [3.63, 3.8) is 0 Å². The molecule has 0 aliphatic heterocycles. The highest BCUT2D eigenvalue weighted by molar-refractivity contribution is 6.35. The first kappa shape index (κ1) is 14.1. The van der Waals surface area contributed by atoms with Crippen LogP contribution in [0.3, 0.4) is 0 Å². The maximum absolute atomic E-state index is 7.43. The number of rotatable bonds is 5. The highest BCUT2D eigenvalue weighted by atomic mass is 35.5. The van der Waals surface area contributed by atoms with E-state index in [2.05, 4.69) is 0 Å². The third kappa shape index (κ3) is 4.10. The third-order valence-corrected chi connectivity index (χ3v) is 3.14. The molecule has 1 rings (SSSR count). The summed E-state index contributed by atoms with van der Waals surface area (Å²) in [4.78, 5) is 0. The predicted octanol–water partition coefficient (Wildman–Crippen LogP) is 3.72. The second-order valence-electron chi connectivity index (χ2n) is 4.47. The summed E-state index contributed by atoms with van der Waals surface area (Å²) >= 11 is 11.7. The minimum Gasteiger partial charge on any atom is -0.492 e. The standard InChI is InChI=1S/C12H16Cl2N2O/c1-12(2,11(15)16)5-6-17-10-4-3-8(13)7-9(10)14/h3-4,7H,5-6H2,1-2H3,(H3,15,16). The molecule has 0 saturated heterocycles. The summed E-state index contributed by atoms with van der Waals surface area (Å²) in [6.45, 7) is 4.26. The topological polar surface area (TPSA) is 59.1 Å². The van der Waals surface area contributed by atoms with Crippen molar-refractivity contribution < 1.29 is 4.74 Å². The van der Waals surface area contributed by atoms with Crippen LogP contribution < -0.4 is 10.5 Å². The van der Waals surface area contributed by atoms with E-state index < -0.39 is 0 Å². The Hall–Kier alpha value is -0.930. The number of hydrogen-bond donors (Lipinski definition) is 2. The molecule has 17 heavy (non-hydrogen) atoms. The van der Waals surface area contributed by atoms with Gasteiger partial charge >= 0.3 is 0 Å². The van der Waals surface area contributed by atoms with Crippen LogP contribution >= 0.6 is 23.2 Å². The molecule has 0 bridgehead atoms. The van der Waals surface area contributed by atoms with Crippen LogP contribution in [-0.2, 0) is 0 Å². The predicted molar refractivity (Wildman–Crippen MR) is 72.3 cm³/mol. The SMILES string of the molecule is CC(C)(CCOc1ccc(Cl)cc1Cl)C(=N)N. The Labute approximate surface area is 111 Å². The molecule has 0 atom stereocenters. The van der Waals surface area contributed by atoms with Gasteiger partial charge in [0.05, 0.1) is 17.5 Å². The molecule has 0 heterocycles. The number of amidine groups is 1. The Kier molecular flexibility index (Phi) is 4.66. The molecule has 1 aromatic carbocycles. The number of nitrogens with one attached hydrogen (secondary N) is 1. The lowest BCUT2D eigenvalue weighted by atomic mass is 9.88. The molecular formula is C12H16Cl2N2O. The molecule has 0 amide bonds. The molecule has 5 heteroatoms. The van der Waals surface area contributed by atoms with Crippen LogP contribution in [0.2, 0.25) is 10.0 Å². The average Bonchev–Trinajstić information content (AvgIpc) is 2.21. The fraction of sp³-hybridized carbons (Fsp3) is 0.417. The molecule has 3 N–H and O–H groups in total. The Bertz CT molecular complexity index is 419. The molecule has 0 radical (unpaired) electrons. The number of hydrogen-bond acceptors (Lipinski definition) is 2. The molecule has 1 aromatic rings. The van der Waals surface area contributed by atoms with Gasteiger partial charge in [-0.3, -0.25) is 5.41 Å². The van der Waals surface area contributed by atoms with Crippen molar-refractivity contribution in [2.45, 2.75) is 20.3 Å². The van der Waals surface area contributed by atoms with E-state index in [1.54, 1.807) is 18.2 Å². The van der Waals surface area contributed by atoms with Gasteiger partial charge in [0, 0.05) is 10.4 Å². The van der Waals surface area contributed by atoms with E-state index in [9.17, 15) is 0 Å². The maximum atomic E-state index is 7.43. The Morgan fingerprint density at radius 3 is 2.59 bits per heavy atom. The summed E-state index contributed by atoms with van der Waals surface area (Å²) in [5.41, 5.74) is 5.12. The maximum Gasteiger partial charge on any atom is 0.137 e. The molecule has 0 aliphatic carbocycles. The smallest absolute Gasteiger partial charge is 0.137 e. The Morgan fingerprint density at radius 1 is 1.41 bits per heavy atom. The lowest BCUT2D eigenvalue weighted by Gasteiger charge is -2.22. The number of halogens is 2. The van der Waals surface area contributed by atoms with Gasteiger partial charge in [0.15, 0.2) is 0 Å². The van der Waals surface area contributed by atoms with Crippen molar-refractivity contribution in [3.8, 4) is 5.75 Å². The lowest BCUT2D eigenvalue weighted by molar-refractivity contribution is 0.269. The minimum atomic E-state index is -0.362. The fourth-order valence-corrected chi connectivity index (χ4v) is 1.61. The first-order valence-corrected chi connectivity index (χ1v) is 6.01. The summed E-state index contributed by atoms with van der Waals surface area (Å²) in [5.74, 6) is 0.749. The van der Waals surface area contributed by atoms with E-state index in [1.165, 1.54) is 0 Å². The first-order chi connectivity index (χ1) is 7.83. The molecule has 3 nitrogen and oxygen atoms in total. The van der Waals surface area contributed by atoms with E-state index in [-0.39, 0.29) is 11.3 Å². The van der Waals surface area contributed by atoms with Crippen LogP contribution in [0.5, 0.6) is 5.75 Å². The molecule has 0 spiro atoms. The Morgan fingerprint density at radius 2 is 2.06 bits per heavy atom. The summed E-state index contributed by atoms with van der Waals surface area (Å²) in [7, 11) is 0. The number of nitrogens with two attached hydrogens (primary N) is 1. The van der Waals surface area contributed by atoms with Gasteiger partial charge in [0.2, 0.25) is 0 Å². The molecule has 0 aliphatic rings. The second kappa shape index (κ2) is 5.61. The van der Waals surface area contributed by atoms with Crippen LogP contribution in [0.1, 0.15) is 20.3 Å². The summed E-state index contributed by atoms with van der Waals surface area (Å²) in [6.07, 6.45) is 0.654. The van der Waals surface area contributed by atoms with Crippen molar-refractivity contribution in [2.24, 2.45) is 11.1 Å². The largest absolute Gasteiger partial charge is 0.492 e. The molecule has 94 valence electrons. The van der Waals surface area contributed by atoms with Crippen LogP contribution in [0.15, 0.2) is 18.2 Å². The van der Waals surface area contributed by atoms with Crippen LogP contribution in [-0.4, -0.2) is 12.4 Å². The zero-order chi connectivity index (χ0) is 13.1. The van der Waals surface area contributed by atoms with Crippen LogP contribution in [0, 0.1) is 10.8 Å². The summed E-state index contributed by atoms with van der Waals surface area (Å²) < 4.78 is 5.53. The van der Waals surface area contributed by atoms with Gasteiger partial charge in [-0.2, -0.15) is 0 Å². The number of ether oxygens (including phenoxy) is 1. The van der Waals surface area contributed by atoms with E-state index in [1.807, 2.05) is 13.8 Å². The van der Waals surface area contributed by atoms with Crippen molar-refractivity contribution in [1.29, 1.82) is 5.41 Å². The first-order valence-electron chi connectivity index (χ1n) is 5.25. The van der Waals surface area contributed by atoms with Gasteiger partial charge in [-0.25, -0.2) is 0 Å². The van der Waals surface area contributed by atoms with Gasteiger partial charge in [-0.15, -0.1) is 0 Å². The molecule has 0 fully saturated rings. The highest BCUT2D eigenvalue weighted by Crippen LogP contribution is 2.28. The van der Waals surface area contributed by atoms with Crippen molar-refractivity contribution in [1.82, 2.24) is 0 Å². The van der Waals surface area contributed by atoms with Crippen LogP contribution in [0.4, 0.5) is 0 Å². The third-order valence-electron chi connectivity index (χ3n) is 2.61. The average molecular weight is 275 g/mol. The highest BCUT2D eigenvalue weighted by Gasteiger charge is 2.21. The van der Waals surface area contributed by atoms with Gasteiger partial charge in [0.25, 0.3) is 0 Å². The van der Waals surface area contributed by atoms with E-state index in [0.717, 1.165) is 0 Å². The monoisotopic (exact) mass is 274 g/mol. The Balaban J connectivity index is 2.54. The van der Waals surface area contributed by atoms with Gasteiger partial charge in [-0.1, -0.05) is 37.0 Å². The molecule has 0 unspecified atom stereocenters. The summed E-state index contributed by atoms with van der Waals surface area (Å²) in [5, 5.41) is 8.49. The quantitative estimate of drug-likeness (QED) is 0.635. The van der Waals surface area contributed by atoms with E-state index in [0.29, 0.717) is 28.8 Å². The number of benzene rings is 1. The fourth-order valence-electron chi connectivity index (χ4n) is 1.14. The van der Waals surface area contributed by atoms with Crippen molar-refractivity contribution >= 4 is 29.0 Å². The van der Waals surface area contributed by atoms with Crippen molar-refractivity contribution in [3.05, 3.63) is 28.2 Å². The van der Waals surface area contributed by atoms with Crippen molar-refractivity contribution in [2.75, 3.05) is 6.61 Å².